The van der Waals surface area contributed by atoms with Gasteiger partial charge in [0.1, 0.15) is 0 Å². The normalized spacial score (nSPS) is 23.4. The van der Waals surface area contributed by atoms with Crippen LogP contribution in [0.3, 0.4) is 0 Å². The maximum atomic E-state index is 12.4. The van der Waals surface area contributed by atoms with Crippen LogP contribution in [0.5, 0.6) is 0 Å². The molecule has 124 valence electrons. The monoisotopic (exact) mass is 304 g/mol. The van der Waals surface area contributed by atoms with Crippen LogP contribution in [0.15, 0.2) is 23.3 Å². The first-order valence-corrected chi connectivity index (χ1v) is 8.83. The smallest absolute Gasteiger partial charge is 0.246 e. The highest BCUT2D eigenvalue weighted by molar-refractivity contribution is 5.88. The van der Waals surface area contributed by atoms with Crippen LogP contribution in [0.25, 0.3) is 0 Å². The average Bonchev–Trinajstić information content (AvgIpc) is 2.47. The van der Waals surface area contributed by atoms with Crippen LogP contribution >= 0.6 is 0 Å². The molecule has 1 amide bonds. The highest BCUT2D eigenvalue weighted by Crippen LogP contribution is 2.40. The molecule has 0 saturated carbocycles. The standard InChI is InChI=1S/C19H32N2O/c1-5-11-20-12-14-21(15-13-20)18(22)9-8-17-16(2)7-6-10-19(17,3)4/h8-9H,5-7,10-15H2,1-4H3. The average molecular weight is 304 g/mol. The van der Waals surface area contributed by atoms with Gasteiger partial charge in [-0.15, -0.1) is 0 Å². The van der Waals surface area contributed by atoms with Gasteiger partial charge in [0, 0.05) is 32.3 Å². The van der Waals surface area contributed by atoms with E-state index in [1.807, 2.05) is 4.90 Å². The maximum absolute atomic E-state index is 12.4. The first-order chi connectivity index (χ1) is 10.4. The Morgan fingerprint density at radius 3 is 2.50 bits per heavy atom. The molecular formula is C19H32N2O. The van der Waals surface area contributed by atoms with Crippen molar-refractivity contribution in [2.75, 3.05) is 32.7 Å². The summed E-state index contributed by atoms with van der Waals surface area (Å²) in [7, 11) is 0. The van der Waals surface area contributed by atoms with E-state index in [1.165, 1.54) is 36.8 Å². The molecule has 1 aliphatic heterocycles. The van der Waals surface area contributed by atoms with E-state index < -0.39 is 0 Å². The first-order valence-electron chi connectivity index (χ1n) is 8.83. The SMILES string of the molecule is CCCN1CCN(C(=O)C=CC2=C(C)CCCC2(C)C)CC1. The van der Waals surface area contributed by atoms with Gasteiger partial charge in [0.05, 0.1) is 0 Å². The van der Waals surface area contributed by atoms with E-state index >= 15 is 0 Å². The lowest BCUT2D eigenvalue weighted by molar-refractivity contribution is -0.127. The predicted octanol–water partition coefficient (Wildman–Crippen LogP) is 3.62. The number of amides is 1. The van der Waals surface area contributed by atoms with Gasteiger partial charge in [0.25, 0.3) is 0 Å². The Morgan fingerprint density at radius 2 is 1.91 bits per heavy atom. The Hall–Kier alpha value is -1.09. The van der Waals surface area contributed by atoms with Gasteiger partial charge in [-0.3, -0.25) is 9.69 Å². The van der Waals surface area contributed by atoms with E-state index in [9.17, 15) is 4.79 Å². The van der Waals surface area contributed by atoms with E-state index in [1.54, 1.807) is 6.08 Å². The van der Waals surface area contributed by atoms with Gasteiger partial charge in [-0.1, -0.05) is 32.4 Å². The molecule has 0 spiro atoms. The van der Waals surface area contributed by atoms with Gasteiger partial charge in [-0.05, 0) is 50.1 Å². The van der Waals surface area contributed by atoms with Gasteiger partial charge in [0.2, 0.25) is 5.91 Å². The van der Waals surface area contributed by atoms with Crippen molar-refractivity contribution < 1.29 is 4.79 Å². The third-order valence-corrected chi connectivity index (χ3v) is 5.16. The van der Waals surface area contributed by atoms with E-state index in [4.69, 9.17) is 0 Å². The third-order valence-electron chi connectivity index (χ3n) is 5.16. The molecule has 1 fully saturated rings. The minimum atomic E-state index is 0.179. The number of piperazine rings is 1. The van der Waals surface area contributed by atoms with Crippen molar-refractivity contribution in [3.05, 3.63) is 23.3 Å². The lowest BCUT2D eigenvalue weighted by Crippen LogP contribution is -2.48. The number of hydrogen-bond donors (Lipinski definition) is 0. The van der Waals surface area contributed by atoms with Crippen molar-refractivity contribution in [1.82, 2.24) is 9.80 Å². The van der Waals surface area contributed by atoms with Gasteiger partial charge >= 0.3 is 0 Å². The molecule has 2 aliphatic rings. The number of allylic oxidation sites excluding steroid dienone is 3. The first kappa shape index (κ1) is 17.3. The fourth-order valence-electron chi connectivity index (χ4n) is 3.78. The number of carbonyl (C=O) groups excluding carboxylic acids is 1. The summed E-state index contributed by atoms with van der Waals surface area (Å²) in [4.78, 5) is 16.9. The number of carbonyl (C=O) groups is 1. The van der Waals surface area contributed by atoms with E-state index in [0.29, 0.717) is 0 Å². The molecule has 3 nitrogen and oxygen atoms in total. The Kier molecular flexibility index (Phi) is 5.85. The zero-order valence-corrected chi connectivity index (χ0v) is 14.8. The lowest BCUT2D eigenvalue weighted by Gasteiger charge is -2.34. The highest BCUT2D eigenvalue weighted by Gasteiger charge is 2.27. The third kappa shape index (κ3) is 4.22. The molecular weight excluding hydrogens is 272 g/mol. The summed E-state index contributed by atoms with van der Waals surface area (Å²) in [6, 6.07) is 0. The van der Waals surface area contributed by atoms with Crippen molar-refractivity contribution in [1.29, 1.82) is 0 Å². The quantitative estimate of drug-likeness (QED) is 0.741. The van der Waals surface area contributed by atoms with Gasteiger partial charge in [-0.25, -0.2) is 0 Å². The summed E-state index contributed by atoms with van der Waals surface area (Å²) >= 11 is 0. The zero-order chi connectivity index (χ0) is 16.2. The van der Waals surface area contributed by atoms with Crippen LogP contribution in [-0.4, -0.2) is 48.4 Å². The molecule has 0 bridgehead atoms. The summed E-state index contributed by atoms with van der Waals surface area (Å²) in [6.45, 7) is 13.9. The molecule has 0 aromatic heterocycles. The number of nitrogens with zero attached hydrogens (tertiary/aromatic N) is 2. The predicted molar refractivity (Wildman–Crippen MR) is 92.8 cm³/mol. The molecule has 22 heavy (non-hydrogen) atoms. The Labute approximate surface area is 136 Å². The fraction of sp³-hybridized carbons (Fsp3) is 0.737. The van der Waals surface area contributed by atoms with Crippen molar-refractivity contribution in [2.24, 2.45) is 5.41 Å². The molecule has 0 N–H and O–H groups in total. The van der Waals surface area contributed by atoms with Crippen molar-refractivity contribution in [3.8, 4) is 0 Å². The number of rotatable bonds is 4. The largest absolute Gasteiger partial charge is 0.337 e. The second kappa shape index (κ2) is 7.45. The Balaban J connectivity index is 1.94. The summed E-state index contributed by atoms with van der Waals surface area (Å²) in [6.07, 6.45) is 8.75. The molecule has 0 unspecified atom stereocenters. The lowest BCUT2D eigenvalue weighted by atomic mass is 9.72. The van der Waals surface area contributed by atoms with Crippen molar-refractivity contribution >= 4 is 5.91 Å². The number of hydrogen-bond acceptors (Lipinski definition) is 2. The van der Waals surface area contributed by atoms with Crippen LogP contribution in [0.1, 0.15) is 53.4 Å². The van der Waals surface area contributed by atoms with E-state index in [2.05, 4.69) is 38.7 Å². The van der Waals surface area contributed by atoms with Crippen molar-refractivity contribution in [2.45, 2.75) is 53.4 Å². The second-order valence-corrected chi connectivity index (χ2v) is 7.43. The van der Waals surface area contributed by atoms with E-state index in [0.717, 1.165) is 32.7 Å². The topological polar surface area (TPSA) is 23.6 Å². The molecule has 1 aliphatic carbocycles. The van der Waals surface area contributed by atoms with Crippen LogP contribution in [-0.2, 0) is 4.79 Å². The fourth-order valence-corrected chi connectivity index (χ4v) is 3.78. The second-order valence-electron chi connectivity index (χ2n) is 7.43. The van der Waals surface area contributed by atoms with Crippen LogP contribution < -0.4 is 0 Å². The van der Waals surface area contributed by atoms with E-state index in [-0.39, 0.29) is 11.3 Å². The minimum Gasteiger partial charge on any atom is -0.337 e. The van der Waals surface area contributed by atoms with Crippen LogP contribution in [0.2, 0.25) is 0 Å². The van der Waals surface area contributed by atoms with Gasteiger partial charge < -0.3 is 4.90 Å². The molecule has 0 aromatic rings. The molecule has 2 rings (SSSR count). The van der Waals surface area contributed by atoms with Crippen LogP contribution in [0, 0.1) is 5.41 Å². The summed E-state index contributed by atoms with van der Waals surface area (Å²) in [5.41, 5.74) is 3.03. The molecule has 1 saturated heterocycles. The van der Waals surface area contributed by atoms with Gasteiger partial charge in [0.15, 0.2) is 0 Å². The minimum absolute atomic E-state index is 0.179. The van der Waals surface area contributed by atoms with Gasteiger partial charge in [-0.2, -0.15) is 0 Å². The Morgan fingerprint density at radius 1 is 1.23 bits per heavy atom. The maximum Gasteiger partial charge on any atom is 0.246 e. The summed E-state index contributed by atoms with van der Waals surface area (Å²) in [5.74, 6) is 0.179. The molecule has 0 atom stereocenters. The molecule has 0 aromatic carbocycles. The zero-order valence-electron chi connectivity index (χ0n) is 14.8. The van der Waals surface area contributed by atoms with Crippen molar-refractivity contribution in [3.63, 3.8) is 0 Å². The van der Waals surface area contributed by atoms with Crippen LogP contribution in [0.4, 0.5) is 0 Å². The summed E-state index contributed by atoms with van der Waals surface area (Å²) < 4.78 is 0. The summed E-state index contributed by atoms with van der Waals surface area (Å²) in [5, 5.41) is 0. The molecule has 0 radical (unpaired) electrons. The Bertz CT molecular complexity index is 454. The molecule has 3 heteroatoms. The molecule has 1 heterocycles. The highest BCUT2D eigenvalue weighted by atomic mass is 16.2.